The minimum Gasteiger partial charge on any atom is -0.494 e. The van der Waals surface area contributed by atoms with Crippen LogP contribution >= 0.6 is 0 Å². The van der Waals surface area contributed by atoms with Crippen LogP contribution in [-0.2, 0) is 11.4 Å². The van der Waals surface area contributed by atoms with Crippen LogP contribution in [0.3, 0.4) is 0 Å². The van der Waals surface area contributed by atoms with Crippen molar-refractivity contribution in [3.63, 3.8) is 0 Å². The fourth-order valence-corrected chi connectivity index (χ4v) is 5.13. The monoisotopic (exact) mass is 539 g/mol. The van der Waals surface area contributed by atoms with Crippen molar-refractivity contribution in [3.05, 3.63) is 82.4 Å². The third-order valence-electron chi connectivity index (χ3n) is 7.33. The van der Waals surface area contributed by atoms with Crippen molar-refractivity contribution >= 4 is 11.7 Å². The number of oxime groups is 1. The molecule has 2 aromatic carbocycles. The van der Waals surface area contributed by atoms with E-state index in [2.05, 4.69) is 15.0 Å². The Hall–Kier alpha value is -3.92. The molecule has 0 atom stereocenters. The first-order valence-electron chi connectivity index (χ1n) is 12.8. The number of aryl methyl sites for hydroxylation is 1. The lowest BCUT2D eigenvalue weighted by molar-refractivity contribution is -0.0626. The number of aromatic nitrogens is 1. The van der Waals surface area contributed by atoms with E-state index in [1.807, 2.05) is 19.9 Å². The molecule has 3 aromatic rings. The first-order valence-corrected chi connectivity index (χ1v) is 12.8. The third kappa shape index (κ3) is 5.34. The quantitative estimate of drug-likeness (QED) is 0.386. The van der Waals surface area contributed by atoms with Gasteiger partial charge in [0.05, 0.1) is 17.9 Å². The number of carbonyl (C=O) groups is 1. The van der Waals surface area contributed by atoms with Crippen molar-refractivity contribution in [1.29, 1.82) is 0 Å². The van der Waals surface area contributed by atoms with Crippen LogP contribution < -0.4 is 4.74 Å². The highest BCUT2D eigenvalue weighted by Crippen LogP contribution is 2.38. The number of carboxylic acid groups (broad SMARTS) is 1. The van der Waals surface area contributed by atoms with Crippen LogP contribution in [0.1, 0.15) is 53.4 Å². The molecule has 1 N–H and O–H groups in total. The maximum atomic E-state index is 14.8. The fraction of sp³-hybridized carbons (Fsp3) is 0.345. The first kappa shape index (κ1) is 26.7. The van der Waals surface area contributed by atoms with Crippen LogP contribution in [-0.4, -0.2) is 52.0 Å². The van der Waals surface area contributed by atoms with Gasteiger partial charge < -0.3 is 14.7 Å². The van der Waals surface area contributed by atoms with E-state index in [1.165, 1.54) is 18.3 Å². The number of ether oxygens (including phenoxy) is 1. The Labute approximate surface area is 223 Å². The molecular weight excluding hydrogens is 511 g/mol. The maximum Gasteiger partial charge on any atom is 0.337 e. The molecule has 1 saturated heterocycles. The second-order valence-corrected chi connectivity index (χ2v) is 9.93. The molecule has 0 saturated carbocycles. The second-order valence-electron chi connectivity index (χ2n) is 9.93. The van der Waals surface area contributed by atoms with Gasteiger partial charge in [-0.15, -0.1) is 0 Å². The number of halogens is 3. The highest BCUT2D eigenvalue weighted by molar-refractivity contribution is 6.00. The summed E-state index contributed by atoms with van der Waals surface area (Å²) in [4.78, 5) is 23.4. The number of hydrogen-bond donors (Lipinski definition) is 1. The van der Waals surface area contributed by atoms with Gasteiger partial charge in [0.15, 0.2) is 17.5 Å². The second kappa shape index (κ2) is 10.7. The summed E-state index contributed by atoms with van der Waals surface area (Å²) in [7, 11) is 0. The molecule has 5 rings (SSSR count). The zero-order valence-corrected chi connectivity index (χ0v) is 21.6. The molecule has 0 unspecified atom stereocenters. The molecular formula is C29H28F3N3O4. The standard InChI is InChI=1S/C29H28F3N3O4/c1-3-38-25-13-19(21(12-17(25)2)20-5-6-22(30)27(32)26(20)31)16-35-10-8-29(9-11-35)14-24(34-39-29)23-7-4-18(15-33-23)28(36)37/h4-7,12-13,15H,3,8-11,14,16H2,1-2H3,(H,36,37). The van der Waals surface area contributed by atoms with E-state index in [0.29, 0.717) is 68.2 Å². The lowest BCUT2D eigenvalue weighted by Gasteiger charge is -2.37. The molecule has 7 nitrogen and oxygen atoms in total. The minimum absolute atomic E-state index is 0.00196. The van der Waals surface area contributed by atoms with Gasteiger partial charge in [-0.1, -0.05) is 5.16 Å². The van der Waals surface area contributed by atoms with Gasteiger partial charge in [0, 0.05) is 50.7 Å². The summed E-state index contributed by atoms with van der Waals surface area (Å²) < 4.78 is 48.3. The third-order valence-corrected chi connectivity index (χ3v) is 7.33. The Morgan fingerprint density at radius 2 is 1.87 bits per heavy atom. The van der Waals surface area contributed by atoms with Crippen molar-refractivity contribution in [3.8, 4) is 16.9 Å². The highest BCUT2D eigenvalue weighted by Gasteiger charge is 2.42. The summed E-state index contributed by atoms with van der Waals surface area (Å²) in [5.74, 6) is -4.32. The van der Waals surface area contributed by atoms with E-state index in [0.717, 1.165) is 17.2 Å². The molecule has 1 fully saturated rings. The van der Waals surface area contributed by atoms with Gasteiger partial charge in [-0.25, -0.2) is 18.0 Å². The molecule has 0 radical (unpaired) electrons. The fourth-order valence-electron chi connectivity index (χ4n) is 5.13. The average molecular weight is 540 g/mol. The summed E-state index contributed by atoms with van der Waals surface area (Å²) in [5, 5.41) is 13.3. The van der Waals surface area contributed by atoms with Gasteiger partial charge in [0.1, 0.15) is 17.1 Å². The van der Waals surface area contributed by atoms with E-state index in [4.69, 9.17) is 14.7 Å². The normalized spacial score (nSPS) is 16.7. The number of benzene rings is 2. The molecule has 0 amide bonds. The number of nitrogens with zero attached hydrogens (tertiary/aromatic N) is 3. The van der Waals surface area contributed by atoms with Crippen molar-refractivity contribution in [2.24, 2.45) is 5.16 Å². The van der Waals surface area contributed by atoms with Crippen molar-refractivity contribution in [2.45, 2.75) is 45.3 Å². The zero-order chi connectivity index (χ0) is 27.7. The van der Waals surface area contributed by atoms with Crippen LogP contribution in [0.4, 0.5) is 13.2 Å². The molecule has 3 heterocycles. The lowest BCUT2D eigenvalue weighted by Crippen LogP contribution is -2.44. The number of carboxylic acids is 1. The van der Waals surface area contributed by atoms with Crippen LogP contribution in [0.5, 0.6) is 5.75 Å². The number of hydrogen-bond acceptors (Lipinski definition) is 6. The topological polar surface area (TPSA) is 84.2 Å². The number of pyridine rings is 1. The summed E-state index contributed by atoms with van der Waals surface area (Å²) in [6, 6.07) is 8.93. The first-order chi connectivity index (χ1) is 18.7. The van der Waals surface area contributed by atoms with Crippen LogP contribution in [0, 0.1) is 24.4 Å². The average Bonchev–Trinajstić information content (AvgIpc) is 3.34. The van der Waals surface area contributed by atoms with Crippen molar-refractivity contribution in [2.75, 3.05) is 19.7 Å². The molecule has 39 heavy (non-hydrogen) atoms. The molecule has 2 aliphatic rings. The molecule has 2 aliphatic heterocycles. The van der Waals surface area contributed by atoms with E-state index in [-0.39, 0.29) is 11.1 Å². The molecule has 1 spiro atoms. The predicted octanol–water partition coefficient (Wildman–Crippen LogP) is 5.73. The van der Waals surface area contributed by atoms with Gasteiger partial charge in [0.2, 0.25) is 0 Å². The van der Waals surface area contributed by atoms with E-state index < -0.39 is 29.0 Å². The van der Waals surface area contributed by atoms with Gasteiger partial charge in [-0.2, -0.15) is 0 Å². The van der Waals surface area contributed by atoms with Crippen LogP contribution in [0.15, 0.2) is 47.8 Å². The Morgan fingerprint density at radius 1 is 1.10 bits per heavy atom. The molecule has 0 aliphatic carbocycles. The lowest BCUT2D eigenvalue weighted by atomic mass is 9.86. The number of rotatable bonds is 7. The highest BCUT2D eigenvalue weighted by atomic mass is 19.2. The Balaban J connectivity index is 1.32. The largest absolute Gasteiger partial charge is 0.494 e. The molecule has 0 bridgehead atoms. The van der Waals surface area contributed by atoms with Gasteiger partial charge >= 0.3 is 5.97 Å². The summed E-state index contributed by atoms with van der Waals surface area (Å²) in [6.45, 7) is 5.96. The Kier molecular flexibility index (Phi) is 7.31. The van der Waals surface area contributed by atoms with Gasteiger partial charge in [0.25, 0.3) is 0 Å². The van der Waals surface area contributed by atoms with Crippen LogP contribution in [0.2, 0.25) is 0 Å². The summed E-state index contributed by atoms with van der Waals surface area (Å²) >= 11 is 0. The number of aromatic carboxylic acids is 1. The molecule has 10 heteroatoms. The summed E-state index contributed by atoms with van der Waals surface area (Å²) in [5.41, 5.74) is 2.90. The van der Waals surface area contributed by atoms with E-state index in [1.54, 1.807) is 12.1 Å². The van der Waals surface area contributed by atoms with E-state index >= 15 is 0 Å². The molecule has 204 valence electrons. The smallest absolute Gasteiger partial charge is 0.337 e. The number of likely N-dealkylation sites (tertiary alicyclic amines) is 1. The predicted molar refractivity (Wildman–Crippen MR) is 138 cm³/mol. The minimum atomic E-state index is -1.49. The summed E-state index contributed by atoms with van der Waals surface area (Å²) in [6.07, 6.45) is 3.24. The van der Waals surface area contributed by atoms with Crippen molar-refractivity contribution < 1.29 is 32.6 Å². The van der Waals surface area contributed by atoms with Crippen LogP contribution in [0.25, 0.3) is 11.1 Å². The van der Waals surface area contributed by atoms with Crippen molar-refractivity contribution in [1.82, 2.24) is 9.88 Å². The SMILES string of the molecule is CCOc1cc(CN2CCC3(CC2)CC(c2ccc(C(=O)O)cn2)=NO3)c(-c2ccc(F)c(F)c2F)cc1C. The molecule has 1 aromatic heterocycles. The van der Waals surface area contributed by atoms with E-state index in [9.17, 15) is 18.0 Å². The Morgan fingerprint density at radius 3 is 2.54 bits per heavy atom. The number of piperidine rings is 1. The zero-order valence-electron chi connectivity index (χ0n) is 21.6. The Bertz CT molecular complexity index is 1430. The maximum absolute atomic E-state index is 14.8. The van der Waals surface area contributed by atoms with Gasteiger partial charge in [-0.05, 0) is 66.9 Å². The van der Waals surface area contributed by atoms with Gasteiger partial charge in [-0.3, -0.25) is 9.88 Å².